The molecule has 1 aromatic carbocycles. The zero-order chi connectivity index (χ0) is 16.1. The lowest BCUT2D eigenvalue weighted by Crippen LogP contribution is -2.33. The molecule has 0 saturated heterocycles. The Labute approximate surface area is 133 Å². The van der Waals surface area contributed by atoms with Crippen molar-refractivity contribution in [2.75, 3.05) is 0 Å². The molecule has 116 valence electrons. The number of aliphatic carboxylic acids is 1. The molecular formula is C16H18N2O3S. The van der Waals surface area contributed by atoms with Crippen LogP contribution in [0.3, 0.4) is 0 Å². The number of rotatable bonds is 6. The van der Waals surface area contributed by atoms with Crippen molar-refractivity contribution in [3.63, 3.8) is 0 Å². The molecule has 0 fully saturated rings. The number of nitrogens with zero attached hydrogens (tertiary/aromatic N) is 1. The van der Waals surface area contributed by atoms with Crippen LogP contribution in [0, 0.1) is 6.92 Å². The van der Waals surface area contributed by atoms with Crippen LogP contribution in [0.4, 0.5) is 0 Å². The predicted molar refractivity (Wildman–Crippen MR) is 85.1 cm³/mol. The third-order valence-electron chi connectivity index (χ3n) is 3.17. The Morgan fingerprint density at radius 3 is 2.59 bits per heavy atom. The highest BCUT2D eigenvalue weighted by molar-refractivity contribution is 7.13. The first-order valence-electron chi connectivity index (χ1n) is 7.07. The molecule has 2 N–H and O–H groups in total. The van der Waals surface area contributed by atoms with Crippen LogP contribution in [0.2, 0.25) is 0 Å². The molecule has 1 amide bonds. The maximum absolute atomic E-state index is 12.4. The van der Waals surface area contributed by atoms with Crippen LogP contribution >= 0.6 is 11.3 Å². The van der Waals surface area contributed by atoms with E-state index in [1.165, 1.54) is 11.3 Å². The molecule has 1 atom stereocenters. The van der Waals surface area contributed by atoms with E-state index in [2.05, 4.69) is 10.3 Å². The number of benzene rings is 1. The maximum atomic E-state index is 12.4. The van der Waals surface area contributed by atoms with Crippen molar-refractivity contribution >= 4 is 23.2 Å². The highest BCUT2D eigenvalue weighted by Crippen LogP contribution is 2.21. The maximum Gasteiger partial charge on any atom is 0.330 e. The van der Waals surface area contributed by atoms with Gasteiger partial charge >= 0.3 is 5.97 Å². The van der Waals surface area contributed by atoms with Crippen LogP contribution in [0.25, 0.3) is 0 Å². The van der Waals surface area contributed by atoms with E-state index in [0.717, 1.165) is 17.8 Å². The fraction of sp³-hybridized carbons (Fsp3) is 0.312. The number of thiazole rings is 1. The molecule has 6 heteroatoms. The van der Waals surface area contributed by atoms with Gasteiger partial charge in [-0.25, -0.2) is 9.78 Å². The van der Waals surface area contributed by atoms with Gasteiger partial charge in [-0.3, -0.25) is 4.79 Å². The molecule has 5 nitrogen and oxygen atoms in total. The van der Waals surface area contributed by atoms with E-state index in [0.29, 0.717) is 16.1 Å². The number of carboxylic acid groups (broad SMARTS) is 1. The predicted octanol–water partition coefficient (Wildman–Crippen LogP) is 2.96. The Morgan fingerprint density at radius 2 is 2.00 bits per heavy atom. The molecule has 2 rings (SSSR count). The molecule has 0 aliphatic heterocycles. The number of amides is 1. The van der Waals surface area contributed by atoms with Gasteiger partial charge in [-0.2, -0.15) is 0 Å². The highest BCUT2D eigenvalue weighted by atomic mass is 32.1. The van der Waals surface area contributed by atoms with Gasteiger partial charge < -0.3 is 10.4 Å². The fourth-order valence-electron chi connectivity index (χ4n) is 2.11. The highest BCUT2D eigenvalue weighted by Gasteiger charge is 2.24. The lowest BCUT2D eigenvalue weighted by Gasteiger charge is -2.14. The molecule has 0 aliphatic carbocycles. The summed E-state index contributed by atoms with van der Waals surface area (Å²) in [7, 11) is 0. The molecule has 0 radical (unpaired) electrons. The normalized spacial score (nSPS) is 11.9. The molecule has 1 heterocycles. The fourth-order valence-corrected chi connectivity index (χ4v) is 3.18. The lowest BCUT2D eigenvalue weighted by molar-refractivity contribution is -0.139. The minimum absolute atomic E-state index is 0.395. The van der Waals surface area contributed by atoms with Crippen molar-refractivity contribution in [1.29, 1.82) is 0 Å². The number of hydrogen-bond donors (Lipinski definition) is 2. The molecule has 1 aromatic heterocycles. The molecule has 2 aromatic rings. The molecule has 0 bridgehead atoms. The van der Waals surface area contributed by atoms with E-state index in [1.54, 1.807) is 37.3 Å². The Kier molecular flexibility index (Phi) is 5.27. The largest absolute Gasteiger partial charge is 0.479 e. The standard InChI is InChI=1S/C16H18N2O3S/c1-3-7-12-17-10(2)14(22-12)15(19)18-13(16(20)21)11-8-5-4-6-9-11/h4-6,8-9,13H,3,7H2,1-2H3,(H,18,19)(H,20,21). The summed E-state index contributed by atoms with van der Waals surface area (Å²) < 4.78 is 0. The van der Waals surface area contributed by atoms with Crippen molar-refractivity contribution in [2.24, 2.45) is 0 Å². The van der Waals surface area contributed by atoms with Gasteiger partial charge in [0.15, 0.2) is 6.04 Å². The van der Waals surface area contributed by atoms with Crippen molar-refractivity contribution < 1.29 is 14.7 Å². The number of aromatic nitrogens is 1. The first-order chi connectivity index (χ1) is 10.5. The monoisotopic (exact) mass is 318 g/mol. The Hall–Kier alpha value is -2.21. The molecule has 0 spiro atoms. The van der Waals surface area contributed by atoms with Crippen LogP contribution in [0.1, 0.15) is 45.3 Å². The summed E-state index contributed by atoms with van der Waals surface area (Å²) in [5.41, 5.74) is 1.18. The molecule has 0 aliphatic rings. The van der Waals surface area contributed by atoms with Gasteiger partial charge in [-0.1, -0.05) is 37.3 Å². The second-order valence-electron chi connectivity index (χ2n) is 4.93. The first-order valence-corrected chi connectivity index (χ1v) is 7.89. The second-order valence-corrected chi connectivity index (χ2v) is 6.01. The quantitative estimate of drug-likeness (QED) is 0.858. The van der Waals surface area contributed by atoms with E-state index in [4.69, 9.17) is 0 Å². The summed E-state index contributed by atoms with van der Waals surface area (Å²) in [6.45, 7) is 3.81. The third-order valence-corrected chi connectivity index (χ3v) is 4.38. The summed E-state index contributed by atoms with van der Waals surface area (Å²) in [5.74, 6) is -1.48. The molecule has 22 heavy (non-hydrogen) atoms. The van der Waals surface area contributed by atoms with Gasteiger partial charge in [0.1, 0.15) is 4.88 Å². The summed E-state index contributed by atoms with van der Waals surface area (Å²) in [5, 5.41) is 12.8. The van der Waals surface area contributed by atoms with E-state index in [9.17, 15) is 14.7 Å². The molecule has 0 saturated carbocycles. The van der Waals surface area contributed by atoms with Gasteiger partial charge in [0.2, 0.25) is 0 Å². The minimum Gasteiger partial charge on any atom is -0.479 e. The molecule has 1 unspecified atom stereocenters. The minimum atomic E-state index is -1.09. The Bertz CT molecular complexity index is 667. The van der Waals surface area contributed by atoms with Gasteiger partial charge in [0.05, 0.1) is 10.7 Å². The Morgan fingerprint density at radius 1 is 1.32 bits per heavy atom. The first kappa shape index (κ1) is 16.2. The molecular weight excluding hydrogens is 300 g/mol. The van der Waals surface area contributed by atoms with Crippen molar-refractivity contribution in [1.82, 2.24) is 10.3 Å². The number of aryl methyl sites for hydroxylation is 2. The number of nitrogens with one attached hydrogen (secondary N) is 1. The van der Waals surface area contributed by atoms with E-state index in [-0.39, 0.29) is 0 Å². The second kappa shape index (κ2) is 7.17. The van der Waals surface area contributed by atoms with E-state index < -0.39 is 17.9 Å². The van der Waals surface area contributed by atoms with Crippen molar-refractivity contribution in [2.45, 2.75) is 32.7 Å². The number of carbonyl (C=O) groups excluding carboxylic acids is 1. The topological polar surface area (TPSA) is 79.3 Å². The van der Waals surface area contributed by atoms with Gasteiger partial charge in [-0.05, 0) is 25.3 Å². The summed E-state index contributed by atoms with van der Waals surface area (Å²) >= 11 is 1.32. The van der Waals surface area contributed by atoms with E-state index in [1.807, 2.05) is 6.92 Å². The third kappa shape index (κ3) is 3.71. The summed E-state index contributed by atoms with van der Waals surface area (Å²) in [4.78, 5) is 28.6. The van der Waals surface area contributed by atoms with Crippen LogP contribution < -0.4 is 5.32 Å². The zero-order valence-electron chi connectivity index (χ0n) is 12.5. The van der Waals surface area contributed by atoms with E-state index >= 15 is 0 Å². The van der Waals surface area contributed by atoms with Crippen LogP contribution in [-0.4, -0.2) is 22.0 Å². The lowest BCUT2D eigenvalue weighted by atomic mass is 10.1. The zero-order valence-corrected chi connectivity index (χ0v) is 13.3. The van der Waals surface area contributed by atoms with Crippen LogP contribution in [-0.2, 0) is 11.2 Å². The summed E-state index contributed by atoms with van der Waals surface area (Å²) in [6.07, 6.45) is 1.77. The van der Waals surface area contributed by atoms with Crippen LogP contribution in [0.15, 0.2) is 30.3 Å². The number of carboxylic acids is 1. The average Bonchev–Trinajstić information content (AvgIpc) is 2.86. The van der Waals surface area contributed by atoms with Gasteiger partial charge in [-0.15, -0.1) is 11.3 Å². The summed E-state index contributed by atoms with van der Waals surface area (Å²) in [6, 6.07) is 7.59. The van der Waals surface area contributed by atoms with Gasteiger partial charge in [0, 0.05) is 0 Å². The van der Waals surface area contributed by atoms with Crippen molar-refractivity contribution in [3.05, 3.63) is 51.5 Å². The average molecular weight is 318 g/mol. The van der Waals surface area contributed by atoms with Crippen molar-refractivity contribution in [3.8, 4) is 0 Å². The van der Waals surface area contributed by atoms with Gasteiger partial charge in [0.25, 0.3) is 5.91 Å². The number of hydrogen-bond acceptors (Lipinski definition) is 4. The number of carbonyl (C=O) groups is 2. The Balaban J connectivity index is 2.20. The smallest absolute Gasteiger partial charge is 0.330 e. The SMILES string of the molecule is CCCc1nc(C)c(C(=O)NC(C(=O)O)c2ccccc2)s1. The van der Waals surface area contributed by atoms with Crippen LogP contribution in [0.5, 0.6) is 0 Å².